The van der Waals surface area contributed by atoms with Gasteiger partial charge in [0.1, 0.15) is 9.88 Å². The van der Waals surface area contributed by atoms with Crippen molar-refractivity contribution in [3.05, 3.63) is 56.9 Å². The number of aromatic nitrogens is 1. The lowest BCUT2D eigenvalue weighted by molar-refractivity contribution is 0.0531. The molecule has 0 saturated heterocycles. The molecule has 0 unspecified atom stereocenters. The Morgan fingerprint density at radius 3 is 2.76 bits per heavy atom. The number of aryl methyl sites for hydroxylation is 1. The van der Waals surface area contributed by atoms with Gasteiger partial charge in [0.2, 0.25) is 0 Å². The lowest BCUT2D eigenvalue weighted by Gasteiger charge is -2.02. The van der Waals surface area contributed by atoms with Gasteiger partial charge < -0.3 is 4.74 Å². The van der Waals surface area contributed by atoms with Crippen LogP contribution in [-0.2, 0) is 10.5 Å². The van der Waals surface area contributed by atoms with Crippen molar-refractivity contribution in [2.45, 2.75) is 24.5 Å². The van der Waals surface area contributed by atoms with Crippen LogP contribution in [0.15, 0.2) is 40.6 Å². The van der Waals surface area contributed by atoms with Crippen LogP contribution < -0.4 is 0 Å². The Hall–Kier alpha value is -1.34. The molecule has 0 N–H and O–H groups in total. The number of benzene rings is 1. The van der Waals surface area contributed by atoms with Crippen molar-refractivity contribution in [1.29, 1.82) is 0 Å². The molecule has 2 aromatic heterocycles. The highest BCUT2D eigenvalue weighted by Gasteiger charge is 2.19. The van der Waals surface area contributed by atoms with E-state index in [-0.39, 0.29) is 5.97 Å². The van der Waals surface area contributed by atoms with E-state index in [9.17, 15) is 4.79 Å². The number of halogens is 1. The van der Waals surface area contributed by atoms with Crippen LogP contribution in [0.1, 0.15) is 27.9 Å². The van der Waals surface area contributed by atoms with E-state index in [1.54, 1.807) is 30.0 Å². The van der Waals surface area contributed by atoms with Crippen LogP contribution >= 0.6 is 46.0 Å². The van der Waals surface area contributed by atoms with E-state index >= 15 is 0 Å². The number of thiophene rings is 1. The Balaban J connectivity index is 1.78. The highest BCUT2D eigenvalue weighted by Crippen LogP contribution is 2.37. The van der Waals surface area contributed by atoms with Crippen LogP contribution in [0.3, 0.4) is 0 Å². The number of nitrogens with zero attached hydrogens (tertiary/aromatic N) is 1. The molecule has 3 rings (SSSR count). The van der Waals surface area contributed by atoms with Crippen LogP contribution in [0.5, 0.6) is 0 Å². The quantitative estimate of drug-likeness (QED) is 0.353. The van der Waals surface area contributed by atoms with E-state index in [0.29, 0.717) is 11.5 Å². The molecule has 0 aliphatic carbocycles. The van der Waals surface area contributed by atoms with Crippen LogP contribution in [-0.4, -0.2) is 17.6 Å². The predicted octanol–water partition coefficient (Wildman–Crippen LogP) is 6.30. The van der Waals surface area contributed by atoms with Gasteiger partial charge in [-0.05, 0) is 55.1 Å². The summed E-state index contributed by atoms with van der Waals surface area (Å²) in [5.74, 6) is 0.547. The molecule has 0 aliphatic rings. The minimum absolute atomic E-state index is 0.294. The summed E-state index contributed by atoms with van der Waals surface area (Å²) < 4.78 is 5.10. The van der Waals surface area contributed by atoms with Crippen molar-refractivity contribution < 1.29 is 9.53 Å². The summed E-state index contributed by atoms with van der Waals surface area (Å²) in [6.45, 7) is 4.02. The maximum absolute atomic E-state index is 12.0. The first kappa shape index (κ1) is 18.5. The topological polar surface area (TPSA) is 39.2 Å². The van der Waals surface area contributed by atoms with E-state index in [1.165, 1.54) is 21.8 Å². The first-order valence-corrected chi connectivity index (χ1v) is 10.7. The molecule has 0 atom stereocenters. The Bertz CT molecular complexity index is 871. The predicted molar refractivity (Wildman–Crippen MR) is 107 cm³/mol. The third-order valence-electron chi connectivity index (χ3n) is 3.41. The summed E-state index contributed by atoms with van der Waals surface area (Å²) in [5.41, 5.74) is 1.94. The highest BCUT2D eigenvalue weighted by molar-refractivity contribution is 7.98. The van der Waals surface area contributed by atoms with Gasteiger partial charge in [-0.1, -0.05) is 11.6 Å². The second kappa shape index (κ2) is 8.36. The van der Waals surface area contributed by atoms with Crippen LogP contribution in [0.4, 0.5) is 0 Å². The molecule has 0 bridgehead atoms. The van der Waals surface area contributed by atoms with E-state index in [0.717, 1.165) is 26.4 Å². The molecule has 3 aromatic rings. The van der Waals surface area contributed by atoms with Gasteiger partial charge in [0.05, 0.1) is 17.2 Å². The van der Waals surface area contributed by atoms with Gasteiger partial charge in [0.15, 0.2) is 0 Å². The molecule has 0 fully saturated rings. The maximum Gasteiger partial charge on any atom is 0.350 e. The van der Waals surface area contributed by atoms with Crippen LogP contribution in [0.2, 0.25) is 5.02 Å². The van der Waals surface area contributed by atoms with E-state index < -0.39 is 0 Å². The zero-order chi connectivity index (χ0) is 17.8. The fraction of sp³-hybridized carbons (Fsp3) is 0.222. The molecule has 0 saturated carbocycles. The molecule has 7 heteroatoms. The molecule has 0 aliphatic heterocycles. The van der Waals surface area contributed by atoms with Gasteiger partial charge in [-0.15, -0.1) is 34.4 Å². The van der Waals surface area contributed by atoms with Gasteiger partial charge in [-0.25, -0.2) is 9.78 Å². The summed E-state index contributed by atoms with van der Waals surface area (Å²) >= 11 is 10.7. The number of hydrogen-bond donors (Lipinski definition) is 0. The molecule has 2 heterocycles. The Labute approximate surface area is 164 Å². The first-order chi connectivity index (χ1) is 12.1. The molecular formula is C18H16ClNO2S3. The monoisotopic (exact) mass is 409 g/mol. The molecule has 0 amide bonds. The highest BCUT2D eigenvalue weighted by atomic mass is 35.5. The SMILES string of the molecule is CCOC(=O)c1sc(-c2sccc2CSc2ccc(Cl)cc2)nc1C. The van der Waals surface area contributed by atoms with Gasteiger partial charge in [-0.3, -0.25) is 0 Å². The normalized spacial score (nSPS) is 10.8. The third-order valence-corrected chi connectivity index (χ3v) is 6.97. The van der Waals surface area contributed by atoms with Crippen molar-refractivity contribution in [3.8, 4) is 9.88 Å². The Morgan fingerprint density at radius 1 is 1.28 bits per heavy atom. The van der Waals surface area contributed by atoms with Crippen molar-refractivity contribution in [1.82, 2.24) is 4.98 Å². The molecule has 0 radical (unpaired) electrons. The molecule has 3 nitrogen and oxygen atoms in total. The van der Waals surface area contributed by atoms with Gasteiger partial charge in [-0.2, -0.15) is 0 Å². The number of thiazole rings is 1. The fourth-order valence-corrected chi connectivity index (χ4v) is 5.33. The minimum atomic E-state index is -0.294. The summed E-state index contributed by atoms with van der Waals surface area (Å²) in [5, 5.41) is 3.68. The number of carbonyl (C=O) groups is 1. The molecular weight excluding hydrogens is 394 g/mol. The number of carbonyl (C=O) groups excluding carboxylic acids is 1. The lowest BCUT2D eigenvalue weighted by Crippen LogP contribution is -2.03. The van der Waals surface area contributed by atoms with Crippen molar-refractivity contribution >= 4 is 52.0 Å². The molecule has 1 aromatic carbocycles. The summed E-state index contributed by atoms with van der Waals surface area (Å²) in [7, 11) is 0. The number of thioether (sulfide) groups is 1. The summed E-state index contributed by atoms with van der Waals surface area (Å²) in [4.78, 5) is 19.5. The zero-order valence-electron chi connectivity index (χ0n) is 13.7. The standard InChI is InChI=1S/C18H16ClNO2S3/c1-3-22-18(21)15-11(2)20-17(25-15)16-12(8-9-23-16)10-24-14-6-4-13(19)5-7-14/h4-9H,3,10H2,1-2H3. The third kappa shape index (κ3) is 4.44. The van der Waals surface area contributed by atoms with Crippen molar-refractivity contribution in [3.63, 3.8) is 0 Å². The van der Waals surface area contributed by atoms with E-state index in [2.05, 4.69) is 16.4 Å². The van der Waals surface area contributed by atoms with E-state index in [4.69, 9.17) is 16.3 Å². The van der Waals surface area contributed by atoms with Crippen LogP contribution in [0.25, 0.3) is 9.88 Å². The summed E-state index contributed by atoms with van der Waals surface area (Å²) in [6.07, 6.45) is 0. The number of hydrogen-bond acceptors (Lipinski definition) is 6. The van der Waals surface area contributed by atoms with Gasteiger partial charge in [0, 0.05) is 15.7 Å². The minimum Gasteiger partial charge on any atom is -0.462 e. The molecule has 130 valence electrons. The molecule has 25 heavy (non-hydrogen) atoms. The largest absolute Gasteiger partial charge is 0.462 e. The molecule has 0 spiro atoms. The van der Waals surface area contributed by atoms with Gasteiger partial charge in [0.25, 0.3) is 0 Å². The number of esters is 1. The Morgan fingerprint density at radius 2 is 2.04 bits per heavy atom. The summed E-state index contributed by atoms with van der Waals surface area (Å²) in [6, 6.07) is 9.95. The lowest BCUT2D eigenvalue weighted by atomic mass is 10.3. The van der Waals surface area contributed by atoms with E-state index in [1.807, 2.05) is 31.2 Å². The average Bonchev–Trinajstić information content (AvgIpc) is 3.20. The Kier molecular flexibility index (Phi) is 6.17. The number of ether oxygens (including phenoxy) is 1. The maximum atomic E-state index is 12.0. The first-order valence-electron chi connectivity index (χ1n) is 7.68. The van der Waals surface area contributed by atoms with Crippen molar-refractivity contribution in [2.24, 2.45) is 0 Å². The number of rotatable bonds is 6. The van der Waals surface area contributed by atoms with Crippen molar-refractivity contribution in [2.75, 3.05) is 6.61 Å². The second-order valence-electron chi connectivity index (χ2n) is 5.17. The van der Waals surface area contributed by atoms with Crippen LogP contribution in [0, 0.1) is 6.92 Å². The fourth-order valence-electron chi connectivity index (χ4n) is 2.21. The average molecular weight is 410 g/mol. The van der Waals surface area contributed by atoms with Gasteiger partial charge >= 0.3 is 5.97 Å². The smallest absolute Gasteiger partial charge is 0.350 e. The second-order valence-corrected chi connectivity index (χ2v) is 8.57. The zero-order valence-corrected chi connectivity index (χ0v) is 17.0.